The number of unbranched alkanes of at least 4 members (excludes halogenated alkanes) is 2. The van der Waals surface area contributed by atoms with E-state index in [1.54, 1.807) is 46.9 Å². The van der Waals surface area contributed by atoms with Gasteiger partial charge in [0.1, 0.15) is 9.40 Å². The number of non-ortho nitro benzene ring substituents is 2. The molecule has 6 rings (SSSR count). The highest BCUT2D eigenvalue weighted by molar-refractivity contribution is 7.19. The minimum absolute atomic E-state index is 0. The number of nitro benzene ring substituents is 2. The van der Waals surface area contributed by atoms with Crippen LogP contribution < -0.4 is 43.1 Å². The highest BCUT2D eigenvalue weighted by Crippen LogP contribution is 2.25. The third kappa shape index (κ3) is 8.63. The number of hydrogen-bond donors (Lipinski definition) is 0. The van der Waals surface area contributed by atoms with E-state index in [0.717, 1.165) is 53.5 Å². The third-order valence-corrected chi connectivity index (χ3v) is 9.84. The molecule has 4 aromatic carbocycles. The molecule has 0 radical (unpaired) electrons. The van der Waals surface area contributed by atoms with Crippen LogP contribution in [0.1, 0.15) is 40.4 Å². The number of aryl methyl sites for hydroxylation is 2. The zero-order valence-corrected chi connectivity index (χ0v) is 29.9. The fourth-order valence-corrected chi connectivity index (χ4v) is 7.46. The number of fused-ring (bicyclic) bond motifs is 2. The van der Waals surface area contributed by atoms with Crippen LogP contribution in [0, 0.1) is 20.2 Å². The second-order valence-electron chi connectivity index (χ2n) is 10.5. The average Bonchev–Trinajstić information content (AvgIpc) is 3.60. The summed E-state index contributed by atoms with van der Waals surface area (Å²) in [6, 6.07) is 30.1. The van der Waals surface area contributed by atoms with Gasteiger partial charge in [-0.1, -0.05) is 46.9 Å². The second kappa shape index (κ2) is 16.6. The van der Waals surface area contributed by atoms with Gasteiger partial charge in [0, 0.05) is 61.4 Å². The van der Waals surface area contributed by atoms with Crippen molar-refractivity contribution in [3.63, 3.8) is 0 Å². The first-order valence-corrected chi connectivity index (χ1v) is 16.3. The predicted molar refractivity (Wildman–Crippen MR) is 182 cm³/mol. The Morgan fingerprint density at radius 3 is 1.30 bits per heavy atom. The van der Waals surface area contributed by atoms with Gasteiger partial charge < -0.3 is 34.0 Å². The van der Waals surface area contributed by atoms with E-state index < -0.39 is 0 Å². The topological polar surface area (TPSA) is 94.0 Å². The molecule has 0 spiro atoms. The number of hydrogen-bond acceptors (Lipinski definition) is 6. The van der Waals surface area contributed by atoms with Gasteiger partial charge in [-0.05, 0) is 66.1 Å². The number of aromatic nitrogens is 2. The maximum atomic E-state index is 11.0. The number of nitrogens with zero attached hydrogens (tertiary/aromatic N) is 4. The fourth-order valence-electron chi connectivity index (χ4n) is 5.28. The molecule has 47 heavy (non-hydrogen) atoms. The molecule has 0 fully saturated rings. The molecule has 0 bridgehead atoms. The summed E-state index contributed by atoms with van der Waals surface area (Å²) in [6.07, 6.45) is 11.3. The Morgan fingerprint density at radius 1 is 0.532 bits per heavy atom. The van der Waals surface area contributed by atoms with Crippen LogP contribution in [0.2, 0.25) is 0 Å². The smallest absolute Gasteiger partial charge is 0.269 e. The minimum atomic E-state index is -0.383. The molecule has 6 aromatic rings. The lowest BCUT2D eigenvalue weighted by molar-refractivity contribution is -0.673. The summed E-state index contributed by atoms with van der Waals surface area (Å²) >= 11 is 3.49. The van der Waals surface area contributed by atoms with E-state index >= 15 is 0 Å². The first-order valence-electron chi connectivity index (χ1n) is 14.6. The van der Waals surface area contributed by atoms with Crippen LogP contribution in [0.25, 0.3) is 44.7 Å². The number of halogens is 2. The predicted octanol–water partition coefficient (Wildman–Crippen LogP) is 2.73. The van der Waals surface area contributed by atoms with Gasteiger partial charge in [0.15, 0.2) is 13.1 Å². The van der Waals surface area contributed by atoms with Crippen LogP contribution in [-0.4, -0.2) is 9.85 Å². The van der Waals surface area contributed by atoms with E-state index in [1.165, 1.54) is 44.7 Å². The number of thiazole rings is 2. The van der Waals surface area contributed by atoms with Crippen LogP contribution in [0.15, 0.2) is 97.1 Å². The molecule has 2 heterocycles. The molecule has 0 saturated heterocycles. The maximum Gasteiger partial charge on any atom is 0.269 e. The molecular weight excluding hydrogens is 764 g/mol. The molecule has 0 saturated carbocycles. The lowest BCUT2D eigenvalue weighted by Crippen LogP contribution is -3.00. The summed E-state index contributed by atoms with van der Waals surface area (Å²) < 4.78 is 7.19. The van der Waals surface area contributed by atoms with Gasteiger partial charge >= 0.3 is 0 Å². The van der Waals surface area contributed by atoms with Gasteiger partial charge in [-0.15, -0.1) is 0 Å². The van der Waals surface area contributed by atoms with Gasteiger partial charge in [-0.3, -0.25) is 20.2 Å². The van der Waals surface area contributed by atoms with Crippen LogP contribution in [0.4, 0.5) is 11.4 Å². The Morgan fingerprint density at radius 2 is 0.915 bits per heavy atom. The van der Waals surface area contributed by atoms with Crippen LogP contribution >= 0.6 is 22.7 Å². The molecular formula is C35H30Br2N4O4S2. The van der Waals surface area contributed by atoms with Gasteiger partial charge in [0.2, 0.25) is 11.0 Å². The number of rotatable bonds is 12. The van der Waals surface area contributed by atoms with Gasteiger partial charge in [0.05, 0.1) is 9.85 Å². The highest BCUT2D eigenvalue weighted by atomic mass is 79.9. The van der Waals surface area contributed by atoms with Crippen molar-refractivity contribution in [1.82, 2.24) is 0 Å². The monoisotopic (exact) mass is 792 g/mol. The van der Waals surface area contributed by atoms with Gasteiger partial charge in [0.25, 0.3) is 21.4 Å². The van der Waals surface area contributed by atoms with Crippen molar-refractivity contribution in [2.24, 2.45) is 0 Å². The average molecular weight is 795 g/mol. The normalized spacial score (nSPS) is 11.2. The zero-order chi connectivity index (χ0) is 31.2. The molecule has 0 aliphatic carbocycles. The van der Waals surface area contributed by atoms with Crippen molar-refractivity contribution in [2.45, 2.75) is 32.4 Å². The van der Waals surface area contributed by atoms with Crippen molar-refractivity contribution in [2.75, 3.05) is 0 Å². The molecule has 0 atom stereocenters. The van der Waals surface area contributed by atoms with Crippen molar-refractivity contribution in [1.29, 1.82) is 0 Å². The van der Waals surface area contributed by atoms with Gasteiger partial charge in [-0.2, -0.15) is 9.13 Å². The highest BCUT2D eigenvalue weighted by Gasteiger charge is 2.20. The van der Waals surface area contributed by atoms with Crippen LogP contribution in [-0.2, 0) is 13.1 Å². The lowest BCUT2D eigenvalue weighted by Gasteiger charge is -2.00. The van der Waals surface area contributed by atoms with Crippen LogP contribution in [0.3, 0.4) is 0 Å². The number of nitro groups is 2. The Kier molecular flexibility index (Phi) is 12.7. The molecule has 12 heteroatoms. The standard InChI is InChI=1S/C35H30N4O4S2.2BrH/c40-38(41)28-18-12-26(13-19-28)16-22-34-36(30-8-2-4-10-32(30)44-34)24-6-1-7-25-37-31-9-3-5-11-33(31)45-35(37)23-17-27-14-20-29(21-15-27)39(42)43;;/h2-5,8-23H,1,6-7,24-25H2;2*1H/q+2;;/p-2/b22-16+,23-17+;;. The number of benzene rings is 4. The van der Waals surface area contributed by atoms with Crippen molar-refractivity contribution >= 4 is 78.8 Å². The molecule has 0 aliphatic heterocycles. The lowest BCUT2D eigenvalue weighted by atomic mass is 10.2. The van der Waals surface area contributed by atoms with Crippen molar-refractivity contribution < 1.29 is 52.9 Å². The molecule has 8 nitrogen and oxygen atoms in total. The maximum absolute atomic E-state index is 11.0. The largest absolute Gasteiger partial charge is 1.00 e. The summed E-state index contributed by atoms with van der Waals surface area (Å²) in [4.78, 5) is 21.2. The Labute approximate surface area is 300 Å². The first kappa shape index (κ1) is 35.7. The Bertz CT molecular complexity index is 1910. The van der Waals surface area contributed by atoms with E-state index in [1.807, 2.05) is 12.2 Å². The second-order valence-corrected chi connectivity index (χ2v) is 12.7. The molecule has 0 unspecified atom stereocenters. The summed E-state index contributed by atoms with van der Waals surface area (Å²) in [7, 11) is 0. The SMILES string of the molecule is O=[N+]([O-])c1ccc(/C=C/c2sc3ccccc3[n+]2CCCCC[n+]2c(/C=C/c3ccc([N+](=O)[O-])cc3)sc3ccccc32)cc1.[Br-].[Br-]. The summed E-state index contributed by atoms with van der Waals surface area (Å²) in [5, 5.41) is 24.3. The molecule has 2 aromatic heterocycles. The van der Waals surface area contributed by atoms with E-state index in [2.05, 4.69) is 69.8 Å². The third-order valence-electron chi connectivity index (χ3n) is 7.58. The zero-order valence-electron chi connectivity index (χ0n) is 25.1. The van der Waals surface area contributed by atoms with Crippen molar-refractivity contribution in [3.8, 4) is 0 Å². The van der Waals surface area contributed by atoms with Crippen LogP contribution in [0.5, 0.6) is 0 Å². The Hall–Kier alpha value is -4.10. The van der Waals surface area contributed by atoms with E-state index in [9.17, 15) is 20.2 Å². The summed E-state index contributed by atoms with van der Waals surface area (Å²) in [6.45, 7) is 1.79. The van der Waals surface area contributed by atoms with Gasteiger partial charge in [-0.25, -0.2) is 0 Å². The minimum Gasteiger partial charge on any atom is -1.00 e. The molecule has 0 N–H and O–H groups in total. The molecule has 0 aliphatic rings. The quantitative estimate of drug-likeness (QED) is 0.0826. The van der Waals surface area contributed by atoms with E-state index in [0.29, 0.717) is 0 Å². The fraction of sp³-hybridized carbons (Fsp3) is 0.143. The Balaban J connectivity index is 0.00000250. The molecule has 0 amide bonds. The molecule has 240 valence electrons. The summed E-state index contributed by atoms with van der Waals surface area (Å²) in [5.74, 6) is 0. The first-order chi connectivity index (χ1) is 22.0. The number of para-hydroxylation sites is 2. The summed E-state index contributed by atoms with van der Waals surface area (Å²) in [5.41, 5.74) is 4.44. The van der Waals surface area contributed by atoms with Crippen molar-refractivity contribution in [3.05, 3.63) is 138 Å². The van der Waals surface area contributed by atoms with E-state index in [4.69, 9.17) is 0 Å². The van der Waals surface area contributed by atoms with E-state index in [-0.39, 0.29) is 55.2 Å².